The second-order valence-corrected chi connectivity index (χ2v) is 4.99. The number of benzene rings is 1. The average Bonchev–Trinajstić information content (AvgIpc) is 2.84. The molecule has 16 heavy (non-hydrogen) atoms. The fraction of sp³-hybridized carbons (Fsp3) is 0.538. The number of aliphatic hydroxyl groups is 1. The van der Waals surface area contributed by atoms with Crippen LogP contribution in [0.25, 0.3) is 0 Å². The zero-order valence-corrected chi connectivity index (χ0v) is 9.26. The van der Waals surface area contributed by atoms with Gasteiger partial charge in [0, 0.05) is 18.5 Å². The van der Waals surface area contributed by atoms with E-state index in [1.807, 2.05) is 6.07 Å². The van der Waals surface area contributed by atoms with E-state index < -0.39 is 0 Å². The minimum Gasteiger partial charge on any atom is -0.391 e. The van der Waals surface area contributed by atoms with E-state index in [0.717, 1.165) is 6.54 Å². The van der Waals surface area contributed by atoms with Crippen molar-refractivity contribution in [2.24, 2.45) is 17.1 Å². The lowest BCUT2D eigenvalue weighted by Gasteiger charge is -2.14. The molecule has 3 rings (SSSR count). The molecule has 0 bridgehead atoms. The van der Waals surface area contributed by atoms with Gasteiger partial charge in [0.15, 0.2) is 0 Å². The van der Waals surface area contributed by atoms with Crippen molar-refractivity contribution in [1.29, 1.82) is 0 Å². The van der Waals surface area contributed by atoms with Crippen molar-refractivity contribution in [3.8, 4) is 0 Å². The maximum Gasteiger partial charge on any atom is 0.0742 e. The molecule has 86 valence electrons. The molecule has 2 fully saturated rings. The van der Waals surface area contributed by atoms with Crippen LogP contribution in [0.1, 0.15) is 11.5 Å². The zero-order chi connectivity index (χ0) is 11.2. The molecule has 3 nitrogen and oxygen atoms in total. The van der Waals surface area contributed by atoms with Crippen molar-refractivity contribution in [2.75, 3.05) is 19.6 Å². The van der Waals surface area contributed by atoms with Gasteiger partial charge in [0.05, 0.1) is 6.10 Å². The fourth-order valence-electron chi connectivity index (χ4n) is 3.53. The first-order valence-electron chi connectivity index (χ1n) is 5.94. The Morgan fingerprint density at radius 3 is 2.69 bits per heavy atom. The molecule has 1 aliphatic carbocycles. The highest BCUT2D eigenvalue weighted by molar-refractivity contribution is 5.36. The van der Waals surface area contributed by atoms with Crippen LogP contribution in [-0.4, -0.2) is 30.8 Å². The highest BCUT2D eigenvalue weighted by Crippen LogP contribution is 2.67. The third-order valence-corrected chi connectivity index (χ3v) is 4.36. The summed E-state index contributed by atoms with van der Waals surface area (Å²) in [6.45, 7) is 2.27. The summed E-state index contributed by atoms with van der Waals surface area (Å²) in [5.74, 6) is 0.864. The third kappa shape index (κ3) is 1.19. The van der Waals surface area contributed by atoms with Gasteiger partial charge in [-0.15, -0.1) is 0 Å². The monoisotopic (exact) mass is 218 g/mol. The Bertz CT molecular complexity index is 381. The molecule has 1 aromatic carbocycles. The van der Waals surface area contributed by atoms with Crippen LogP contribution in [-0.2, 0) is 0 Å². The minimum atomic E-state index is -0.244. The van der Waals surface area contributed by atoms with Gasteiger partial charge >= 0.3 is 0 Å². The summed E-state index contributed by atoms with van der Waals surface area (Å²) < 4.78 is 0. The number of aliphatic hydroxyl groups excluding tert-OH is 1. The highest BCUT2D eigenvalue weighted by atomic mass is 16.3. The summed E-state index contributed by atoms with van der Waals surface area (Å²) in [6.07, 6.45) is -0.244. The van der Waals surface area contributed by atoms with Gasteiger partial charge < -0.3 is 16.2 Å². The SMILES string of the molecule is NC[C@@H]1[C@@H](c2ccccc2)[C@]12CNC[C@@H]2O. The Balaban J connectivity index is 1.93. The summed E-state index contributed by atoms with van der Waals surface area (Å²) in [5.41, 5.74) is 7.17. The molecule has 2 aliphatic rings. The molecule has 1 heterocycles. The van der Waals surface area contributed by atoms with Crippen molar-refractivity contribution in [2.45, 2.75) is 12.0 Å². The topological polar surface area (TPSA) is 58.3 Å². The Labute approximate surface area is 95.7 Å². The molecular weight excluding hydrogens is 200 g/mol. The number of rotatable bonds is 2. The van der Waals surface area contributed by atoms with E-state index in [-0.39, 0.29) is 11.5 Å². The Kier molecular flexibility index (Phi) is 2.28. The van der Waals surface area contributed by atoms with Crippen LogP contribution in [0.4, 0.5) is 0 Å². The van der Waals surface area contributed by atoms with E-state index in [9.17, 15) is 5.11 Å². The first kappa shape index (κ1) is 10.3. The van der Waals surface area contributed by atoms with Crippen LogP contribution in [0, 0.1) is 11.3 Å². The zero-order valence-electron chi connectivity index (χ0n) is 9.26. The lowest BCUT2D eigenvalue weighted by molar-refractivity contribution is 0.124. The quantitative estimate of drug-likeness (QED) is 0.669. The molecule has 0 aromatic heterocycles. The predicted octanol–water partition coefficient (Wildman–Crippen LogP) is 0.309. The van der Waals surface area contributed by atoms with E-state index >= 15 is 0 Å². The van der Waals surface area contributed by atoms with Crippen LogP contribution in [0.2, 0.25) is 0 Å². The summed E-state index contributed by atoms with van der Waals surface area (Å²) in [7, 11) is 0. The van der Waals surface area contributed by atoms with Crippen molar-refractivity contribution >= 4 is 0 Å². The summed E-state index contributed by atoms with van der Waals surface area (Å²) in [4.78, 5) is 0. The van der Waals surface area contributed by atoms with Crippen LogP contribution in [0.5, 0.6) is 0 Å². The van der Waals surface area contributed by atoms with Crippen LogP contribution >= 0.6 is 0 Å². The maximum atomic E-state index is 10.1. The molecule has 0 amide bonds. The number of nitrogens with two attached hydrogens (primary N) is 1. The Morgan fingerprint density at radius 1 is 1.38 bits per heavy atom. The number of hydrogen-bond acceptors (Lipinski definition) is 3. The van der Waals surface area contributed by atoms with Gasteiger partial charge in [0.2, 0.25) is 0 Å². The van der Waals surface area contributed by atoms with Crippen molar-refractivity contribution in [3.05, 3.63) is 35.9 Å². The minimum absolute atomic E-state index is 0.0100. The lowest BCUT2D eigenvalue weighted by atomic mass is 9.95. The smallest absolute Gasteiger partial charge is 0.0742 e. The summed E-state index contributed by atoms with van der Waals surface area (Å²) in [5, 5.41) is 13.4. The Morgan fingerprint density at radius 2 is 2.12 bits per heavy atom. The lowest BCUT2D eigenvalue weighted by Crippen LogP contribution is -2.24. The molecule has 1 saturated heterocycles. The van der Waals surface area contributed by atoms with Crippen LogP contribution in [0.3, 0.4) is 0 Å². The molecule has 1 saturated carbocycles. The van der Waals surface area contributed by atoms with E-state index in [0.29, 0.717) is 24.9 Å². The molecule has 1 spiro atoms. The first-order chi connectivity index (χ1) is 7.80. The highest BCUT2D eigenvalue weighted by Gasteiger charge is 2.69. The van der Waals surface area contributed by atoms with Crippen molar-refractivity contribution < 1.29 is 5.11 Å². The van der Waals surface area contributed by atoms with Crippen LogP contribution in [0.15, 0.2) is 30.3 Å². The van der Waals surface area contributed by atoms with Gasteiger partial charge in [-0.1, -0.05) is 30.3 Å². The van der Waals surface area contributed by atoms with E-state index in [4.69, 9.17) is 5.73 Å². The van der Waals surface area contributed by atoms with Gasteiger partial charge in [-0.2, -0.15) is 0 Å². The predicted molar refractivity (Wildman–Crippen MR) is 63.0 cm³/mol. The molecule has 1 aliphatic heterocycles. The van der Waals surface area contributed by atoms with Crippen molar-refractivity contribution in [3.63, 3.8) is 0 Å². The summed E-state index contributed by atoms with van der Waals surface area (Å²) in [6, 6.07) is 10.4. The Hall–Kier alpha value is -0.900. The standard InChI is InChI=1S/C13H18N2O/c14-6-10-12(9-4-2-1-3-5-9)13(10)8-15-7-11(13)16/h1-5,10-12,15-16H,6-8,14H2/t10-,11+,12-,13-/m1/s1. The molecule has 0 radical (unpaired) electrons. The summed E-state index contributed by atoms with van der Waals surface area (Å²) >= 11 is 0. The number of hydrogen-bond donors (Lipinski definition) is 3. The molecule has 4 N–H and O–H groups in total. The van der Waals surface area contributed by atoms with E-state index in [2.05, 4.69) is 29.6 Å². The van der Waals surface area contributed by atoms with Gasteiger partial charge in [-0.25, -0.2) is 0 Å². The normalized spacial score (nSPS) is 41.5. The van der Waals surface area contributed by atoms with E-state index in [1.54, 1.807) is 0 Å². The molecular formula is C13H18N2O. The second-order valence-electron chi connectivity index (χ2n) is 4.99. The molecule has 3 heteroatoms. The third-order valence-electron chi connectivity index (χ3n) is 4.36. The first-order valence-corrected chi connectivity index (χ1v) is 5.94. The average molecular weight is 218 g/mol. The van der Waals surface area contributed by atoms with Gasteiger partial charge in [0.25, 0.3) is 0 Å². The van der Waals surface area contributed by atoms with Crippen molar-refractivity contribution in [1.82, 2.24) is 5.32 Å². The van der Waals surface area contributed by atoms with Crippen LogP contribution < -0.4 is 11.1 Å². The molecule has 4 atom stereocenters. The largest absolute Gasteiger partial charge is 0.391 e. The molecule has 0 unspecified atom stereocenters. The van der Waals surface area contributed by atoms with Gasteiger partial charge in [-0.05, 0) is 23.9 Å². The van der Waals surface area contributed by atoms with E-state index in [1.165, 1.54) is 5.56 Å². The number of nitrogens with one attached hydrogen (secondary N) is 1. The number of β-amino-alcohol motifs (C(OH)–C–C–N with tert-alkyl or cyclic N) is 1. The fourth-order valence-corrected chi connectivity index (χ4v) is 3.53. The second kappa shape index (κ2) is 3.55. The van der Waals surface area contributed by atoms with Gasteiger partial charge in [-0.3, -0.25) is 0 Å². The molecule has 1 aromatic rings. The maximum absolute atomic E-state index is 10.1. The van der Waals surface area contributed by atoms with Gasteiger partial charge in [0.1, 0.15) is 0 Å².